The Kier molecular flexibility index (Phi) is 17.2. The van der Waals surface area contributed by atoms with E-state index in [-0.39, 0.29) is 6.61 Å². The molecule has 1 atom stereocenters. The number of nitrogens with one attached hydrogen (secondary N) is 1. The van der Waals surface area contributed by atoms with Gasteiger partial charge in [0, 0.05) is 0 Å². The van der Waals surface area contributed by atoms with E-state index in [1.807, 2.05) is 0 Å². The van der Waals surface area contributed by atoms with Gasteiger partial charge >= 0.3 is 24.0 Å². The highest BCUT2D eigenvalue weighted by atomic mass is 19.4. The van der Waals surface area contributed by atoms with Crippen LogP contribution in [0.3, 0.4) is 0 Å². The summed E-state index contributed by atoms with van der Waals surface area (Å²) in [7, 11) is 0. The number of amides is 1. The highest BCUT2D eigenvalue weighted by Gasteiger charge is 2.63. The number of unbranched alkanes of at least 4 members (excludes halogenated alkanes) is 15. The van der Waals surface area contributed by atoms with Crippen LogP contribution in [0.1, 0.15) is 117 Å². The first kappa shape index (κ1) is 31.6. The predicted octanol–water partition coefficient (Wildman–Crippen LogP) is 7.49. The number of hydrogen-bond acceptors (Lipinski definition) is 3. The van der Waals surface area contributed by atoms with Crippen LogP contribution in [0.2, 0.25) is 0 Å². The van der Waals surface area contributed by atoms with Gasteiger partial charge in [0.2, 0.25) is 0 Å². The number of alkyl halides is 5. The molecule has 9 heteroatoms. The first-order valence-corrected chi connectivity index (χ1v) is 12.5. The van der Waals surface area contributed by atoms with Crippen molar-refractivity contribution in [1.82, 2.24) is 5.32 Å². The molecular formula is C24H42F5NO3. The van der Waals surface area contributed by atoms with E-state index < -0.39 is 30.0 Å². The minimum absolute atomic E-state index is 0.0349. The number of halogens is 5. The Hall–Kier alpha value is -1.41. The average molecular weight is 488 g/mol. The van der Waals surface area contributed by atoms with Gasteiger partial charge in [-0.3, -0.25) is 4.79 Å². The summed E-state index contributed by atoms with van der Waals surface area (Å²) in [6.07, 6.45) is 13.1. The monoisotopic (exact) mass is 487 g/mol. The van der Waals surface area contributed by atoms with Crippen molar-refractivity contribution in [3.8, 4) is 0 Å². The van der Waals surface area contributed by atoms with Gasteiger partial charge < -0.3 is 10.1 Å². The highest BCUT2D eigenvalue weighted by molar-refractivity contribution is 5.89. The summed E-state index contributed by atoms with van der Waals surface area (Å²) >= 11 is 0. The molecule has 1 amide bonds. The Balaban J connectivity index is 3.57. The van der Waals surface area contributed by atoms with Gasteiger partial charge in [0.1, 0.15) is 6.04 Å². The molecule has 0 aromatic rings. The molecular weight excluding hydrogens is 445 g/mol. The van der Waals surface area contributed by atoms with Crippen molar-refractivity contribution >= 4 is 11.9 Å². The molecule has 0 bridgehead atoms. The van der Waals surface area contributed by atoms with Gasteiger partial charge in [0.05, 0.1) is 6.61 Å². The zero-order valence-corrected chi connectivity index (χ0v) is 20.2. The van der Waals surface area contributed by atoms with E-state index in [2.05, 4.69) is 6.92 Å². The molecule has 4 nitrogen and oxygen atoms in total. The van der Waals surface area contributed by atoms with Crippen LogP contribution in [0.5, 0.6) is 0 Å². The third-order valence-corrected chi connectivity index (χ3v) is 5.58. The van der Waals surface area contributed by atoms with E-state index in [1.54, 1.807) is 0 Å². The van der Waals surface area contributed by atoms with Crippen LogP contribution in [0, 0.1) is 0 Å². The van der Waals surface area contributed by atoms with E-state index in [0.29, 0.717) is 6.42 Å². The van der Waals surface area contributed by atoms with Crippen molar-refractivity contribution in [3.63, 3.8) is 0 Å². The van der Waals surface area contributed by atoms with Crippen molar-refractivity contribution < 1.29 is 36.3 Å². The Morgan fingerprint density at radius 2 is 1.06 bits per heavy atom. The molecule has 196 valence electrons. The Morgan fingerprint density at radius 3 is 1.42 bits per heavy atom. The molecule has 0 aromatic carbocycles. The summed E-state index contributed by atoms with van der Waals surface area (Å²) in [5.41, 5.74) is 0. The minimum atomic E-state index is -6.02. The molecule has 0 aliphatic heterocycles. The van der Waals surface area contributed by atoms with Gasteiger partial charge in [-0.15, -0.1) is 0 Å². The fraction of sp³-hybridized carbons (Fsp3) is 0.917. The second-order valence-corrected chi connectivity index (χ2v) is 8.74. The number of ether oxygens (including phenoxy) is 1. The fourth-order valence-electron chi connectivity index (χ4n) is 3.42. The molecule has 1 N–H and O–H groups in total. The zero-order chi connectivity index (χ0) is 25.2. The first-order chi connectivity index (χ1) is 15.5. The molecule has 0 fully saturated rings. The Morgan fingerprint density at radius 1 is 0.697 bits per heavy atom. The SMILES string of the molecule is CCCCCCCCCCCCCCCCCCOC(=O)C(C)NC(=O)C(F)(F)C(F)(F)F. The van der Waals surface area contributed by atoms with Crippen molar-refractivity contribution in [1.29, 1.82) is 0 Å². The van der Waals surface area contributed by atoms with Crippen LogP contribution in [0.15, 0.2) is 0 Å². The number of rotatable bonds is 20. The summed E-state index contributed by atoms with van der Waals surface area (Å²) < 4.78 is 67.0. The van der Waals surface area contributed by atoms with Crippen LogP contribution in [-0.2, 0) is 14.3 Å². The largest absolute Gasteiger partial charge is 0.464 e. The van der Waals surface area contributed by atoms with Crippen LogP contribution in [0.25, 0.3) is 0 Å². The molecule has 0 saturated carbocycles. The maximum absolute atomic E-state index is 12.9. The minimum Gasteiger partial charge on any atom is -0.464 e. The molecule has 0 aromatic heterocycles. The van der Waals surface area contributed by atoms with E-state index >= 15 is 0 Å². The lowest BCUT2D eigenvalue weighted by molar-refractivity contribution is -0.270. The summed E-state index contributed by atoms with van der Waals surface area (Å²) in [6, 6.07) is -1.59. The van der Waals surface area contributed by atoms with Gasteiger partial charge in [0.25, 0.3) is 0 Å². The molecule has 0 heterocycles. The fourth-order valence-corrected chi connectivity index (χ4v) is 3.42. The summed E-state index contributed by atoms with van der Waals surface area (Å²) in [6.45, 7) is 3.27. The standard InChI is InChI=1S/C24H42F5NO3/c1-3-4-5-6-7-8-9-10-11-12-13-14-15-16-17-18-19-33-21(31)20(2)30-22(32)23(25,26)24(27,28)29/h20H,3-19H2,1-2H3,(H,30,32). The van der Waals surface area contributed by atoms with Crippen LogP contribution >= 0.6 is 0 Å². The van der Waals surface area contributed by atoms with Gasteiger partial charge in [-0.1, -0.05) is 103 Å². The van der Waals surface area contributed by atoms with Crippen molar-refractivity contribution in [2.24, 2.45) is 0 Å². The van der Waals surface area contributed by atoms with E-state index in [4.69, 9.17) is 4.74 Å². The molecule has 0 aliphatic rings. The molecule has 0 rings (SSSR count). The average Bonchev–Trinajstić information content (AvgIpc) is 2.74. The van der Waals surface area contributed by atoms with Gasteiger partial charge in [-0.05, 0) is 13.3 Å². The number of esters is 1. The normalized spacial score (nSPS) is 13.1. The van der Waals surface area contributed by atoms with Crippen molar-refractivity contribution in [2.45, 2.75) is 135 Å². The molecule has 33 heavy (non-hydrogen) atoms. The third-order valence-electron chi connectivity index (χ3n) is 5.58. The summed E-state index contributed by atoms with van der Waals surface area (Å²) in [5, 5.41) is 1.35. The maximum atomic E-state index is 12.9. The van der Waals surface area contributed by atoms with Gasteiger partial charge in [-0.2, -0.15) is 22.0 Å². The van der Waals surface area contributed by atoms with Gasteiger partial charge in [0.15, 0.2) is 0 Å². The van der Waals surface area contributed by atoms with E-state index in [0.717, 1.165) is 32.6 Å². The number of carbonyl (C=O) groups excluding carboxylic acids is 2. The second kappa shape index (κ2) is 18.0. The predicted molar refractivity (Wildman–Crippen MR) is 119 cm³/mol. The van der Waals surface area contributed by atoms with E-state index in [9.17, 15) is 31.5 Å². The molecule has 0 saturated heterocycles. The van der Waals surface area contributed by atoms with Crippen molar-refractivity contribution in [2.75, 3.05) is 6.61 Å². The third kappa shape index (κ3) is 15.2. The molecule has 1 unspecified atom stereocenters. The Labute approximate surface area is 195 Å². The lowest BCUT2D eigenvalue weighted by Crippen LogP contribution is -2.54. The second-order valence-electron chi connectivity index (χ2n) is 8.74. The lowest BCUT2D eigenvalue weighted by atomic mass is 10.0. The van der Waals surface area contributed by atoms with Crippen LogP contribution in [0.4, 0.5) is 22.0 Å². The number of carbonyl (C=O) groups is 2. The number of hydrogen-bond donors (Lipinski definition) is 1. The quantitative estimate of drug-likeness (QED) is 0.110. The maximum Gasteiger partial charge on any atom is 0.463 e. The smallest absolute Gasteiger partial charge is 0.463 e. The van der Waals surface area contributed by atoms with Crippen LogP contribution < -0.4 is 5.32 Å². The molecule has 0 spiro atoms. The molecule has 0 radical (unpaired) electrons. The topological polar surface area (TPSA) is 55.4 Å². The van der Waals surface area contributed by atoms with Gasteiger partial charge in [-0.25, -0.2) is 4.79 Å². The first-order valence-electron chi connectivity index (χ1n) is 12.5. The summed E-state index contributed by atoms with van der Waals surface area (Å²) in [5.74, 6) is -9.17. The summed E-state index contributed by atoms with van der Waals surface area (Å²) in [4.78, 5) is 22.7. The Bertz CT molecular complexity index is 527. The van der Waals surface area contributed by atoms with E-state index in [1.165, 1.54) is 75.9 Å². The van der Waals surface area contributed by atoms with Crippen LogP contribution in [-0.4, -0.2) is 36.6 Å². The lowest BCUT2D eigenvalue weighted by Gasteiger charge is -2.20. The van der Waals surface area contributed by atoms with Crippen molar-refractivity contribution in [3.05, 3.63) is 0 Å². The molecule has 0 aliphatic carbocycles. The zero-order valence-electron chi connectivity index (χ0n) is 20.2. The highest BCUT2D eigenvalue weighted by Crippen LogP contribution is 2.35.